The molecule has 3 nitrogen and oxygen atoms in total. The number of anilines is 3. The van der Waals surface area contributed by atoms with Gasteiger partial charge in [0.05, 0.1) is 11.9 Å². The first-order valence-electron chi connectivity index (χ1n) is 14.6. The van der Waals surface area contributed by atoms with Crippen LogP contribution in [0.2, 0.25) is 0 Å². The molecule has 206 valence electrons. The Morgan fingerprint density at radius 2 is 1.18 bits per heavy atom. The van der Waals surface area contributed by atoms with Gasteiger partial charge in [0.2, 0.25) is 0 Å². The van der Waals surface area contributed by atoms with Gasteiger partial charge in [0.25, 0.3) is 0 Å². The summed E-state index contributed by atoms with van der Waals surface area (Å²) in [5.74, 6) is 0. The van der Waals surface area contributed by atoms with Gasteiger partial charge in [-0.3, -0.25) is 0 Å². The Labute approximate surface area is 259 Å². The quantitative estimate of drug-likeness (QED) is 0.203. The molecule has 0 spiro atoms. The van der Waals surface area contributed by atoms with Gasteiger partial charge in [-0.25, -0.2) is 4.98 Å². The Morgan fingerprint density at radius 1 is 0.477 bits per heavy atom. The lowest BCUT2D eigenvalue weighted by Crippen LogP contribution is -2.10. The molecule has 0 amide bonds. The van der Waals surface area contributed by atoms with E-state index in [4.69, 9.17) is 9.40 Å². The minimum atomic E-state index is 0.888. The number of pyridine rings is 1. The van der Waals surface area contributed by atoms with Crippen LogP contribution in [0.4, 0.5) is 17.1 Å². The second kappa shape index (κ2) is 9.13. The van der Waals surface area contributed by atoms with Crippen molar-refractivity contribution >= 4 is 113 Å². The van der Waals surface area contributed by atoms with Crippen LogP contribution in [-0.4, -0.2) is 4.98 Å². The Hall–Kier alpha value is -5.23. The Bertz CT molecular complexity index is 2750. The lowest BCUT2D eigenvalue weighted by Gasteiger charge is -2.25. The second-order valence-corrected chi connectivity index (χ2v) is 13.3. The zero-order valence-electron chi connectivity index (χ0n) is 23.3. The lowest BCUT2D eigenvalue weighted by molar-refractivity contribution is 0.669. The van der Waals surface area contributed by atoms with Crippen LogP contribution in [0.25, 0.3) is 73.2 Å². The normalized spacial score (nSPS) is 12.1. The summed E-state index contributed by atoms with van der Waals surface area (Å²) in [5.41, 5.74) is 4.98. The van der Waals surface area contributed by atoms with E-state index in [1.165, 1.54) is 46.4 Å². The number of rotatable bonds is 3. The topological polar surface area (TPSA) is 29.3 Å². The molecule has 0 aliphatic carbocycles. The standard InChI is InChI=1S/C39H22N2OS2/c1-2-8-27-23(7-1)13-16-31-33-20-26(22-40-39(33)44-38(27)31)41(24-15-18-35-32(19-24)28-9-3-5-11-34(28)42-35)25-14-17-30-29-10-4-6-12-36(29)43-37(30)21-25/h1-22H. The second-order valence-electron chi connectivity index (χ2n) is 11.2. The summed E-state index contributed by atoms with van der Waals surface area (Å²) in [5, 5.41) is 9.77. The molecule has 0 N–H and O–H groups in total. The molecule has 0 saturated heterocycles. The lowest BCUT2D eigenvalue weighted by atomic mass is 10.1. The zero-order chi connectivity index (χ0) is 28.8. The van der Waals surface area contributed by atoms with E-state index in [2.05, 4.69) is 120 Å². The van der Waals surface area contributed by atoms with E-state index >= 15 is 0 Å². The van der Waals surface area contributed by atoms with Gasteiger partial charge in [-0.1, -0.05) is 78.9 Å². The van der Waals surface area contributed by atoms with Gasteiger partial charge in [-0.2, -0.15) is 0 Å². The predicted octanol–water partition coefficient (Wildman–Crippen LogP) is 12.3. The fourth-order valence-corrected chi connectivity index (χ4v) is 8.95. The molecule has 5 heteroatoms. The summed E-state index contributed by atoms with van der Waals surface area (Å²) in [7, 11) is 0. The molecular formula is C39H22N2OS2. The third kappa shape index (κ3) is 3.51. The first kappa shape index (κ1) is 24.2. The average molecular weight is 599 g/mol. The summed E-state index contributed by atoms with van der Waals surface area (Å²) in [4.78, 5) is 8.44. The fourth-order valence-electron chi connectivity index (χ4n) is 6.65. The van der Waals surface area contributed by atoms with Crippen molar-refractivity contribution in [3.63, 3.8) is 0 Å². The number of hydrogen-bond acceptors (Lipinski definition) is 5. The summed E-state index contributed by atoms with van der Waals surface area (Å²) in [6.07, 6.45) is 2.02. The van der Waals surface area contributed by atoms with Crippen molar-refractivity contribution < 1.29 is 4.42 Å². The highest BCUT2D eigenvalue weighted by Crippen LogP contribution is 2.44. The van der Waals surface area contributed by atoms with Crippen molar-refractivity contribution in [3.8, 4) is 0 Å². The highest BCUT2D eigenvalue weighted by atomic mass is 32.1. The molecule has 0 aliphatic heterocycles. The van der Waals surface area contributed by atoms with Gasteiger partial charge in [-0.15, -0.1) is 22.7 Å². The number of hydrogen-bond donors (Lipinski definition) is 0. The van der Waals surface area contributed by atoms with E-state index in [0.29, 0.717) is 0 Å². The molecule has 10 aromatic rings. The first-order valence-corrected chi connectivity index (χ1v) is 16.2. The van der Waals surface area contributed by atoms with Gasteiger partial charge >= 0.3 is 0 Å². The minimum Gasteiger partial charge on any atom is -0.456 e. The number of furan rings is 1. The monoisotopic (exact) mass is 598 g/mol. The van der Waals surface area contributed by atoms with Gasteiger partial charge in [0.15, 0.2) is 0 Å². The Balaban J connectivity index is 1.23. The number of fused-ring (bicyclic) bond motifs is 11. The van der Waals surface area contributed by atoms with Crippen molar-refractivity contribution in [1.82, 2.24) is 4.98 Å². The van der Waals surface area contributed by atoms with Crippen LogP contribution in [0.5, 0.6) is 0 Å². The van der Waals surface area contributed by atoms with Crippen LogP contribution >= 0.6 is 22.7 Å². The molecule has 44 heavy (non-hydrogen) atoms. The van der Waals surface area contributed by atoms with E-state index in [0.717, 1.165) is 43.8 Å². The summed E-state index contributed by atoms with van der Waals surface area (Å²) < 4.78 is 10.0. The third-order valence-electron chi connectivity index (χ3n) is 8.70. The van der Waals surface area contributed by atoms with Gasteiger partial charge in [0, 0.05) is 57.8 Å². The van der Waals surface area contributed by atoms with Crippen molar-refractivity contribution in [2.75, 3.05) is 4.90 Å². The molecule has 6 aromatic carbocycles. The Morgan fingerprint density at radius 3 is 2.14 bits per heavy atom. The number of nitrogens with zero attached hydrogens (tertiary/aromatic N) is 2. The molecular weight excluding hydrogens is 577 g/mol. The molecule has 0 atom stereocenters. The molecule has 0 saturated carbocycles. The van der Waals surface area contributed by atoms with Crippen LogP contribution < -0.4 is 4.90 Å². The average Bonchev–Trinajstić information content (AvgIpc) is 3.75. The molecule has 0 bridgehead atoms. The van der Waals surface area contributed by atoms with E-state index < -0.39 is 0 Å². The largest absolute Gasteiger partial charge is 0.456 e. The molecule has 10 rings (SSSR count). The summed E-state index contributed by atoms with van der Waals surface area (Å²) >= 11 is 3.61. The van der Waals surface area contributed by atoms with E-state index in [-0.39, 0.29) is 0 Å². The molecule has 4 heterocycles. The SMILES string of the molecule is c1ccc2c(c1)ccc1c3cc(N(c4ccc5c(c4)sc4ccccc45)c4ccc5oc6ccccc6c5c4)cnc3sc21. The molecule has 0 aliphatic rings. The van der Waals surface area contributed by atoms with Gasteiger partial charge in [0.1, 0.15) is 16.0 Å². The van der Waals surface area contributed by atoms with E-state index in [1.54, 1.807) is 11.3 Å². The third-order valence-corrected chi connectivity index (χ3v) is 11.0. The van der Waals surface area contributed by atoms with Crippen molar-refractivity contribution in [3.05, 3.63) is 134 Å². The highest BCUT2D eigenvalue weighted by molar-refractivity contribution is 7.26. The number of benzene rings is 6. The minimum absolute atomic E-state index is 0.888. The maximum atomic E-state index is 6.19. The zero-order valence-corrected chi connectivity index (χ0v) is 25.0. The maximum Gasteiger partial charge on any atom is 0.135 e. The van der Waals surface area contributed by atoms with Crippen molar-refractivity contribution in [2.45, 2.75) is 0 Å². The van der Waals surface area contributed by atoms with Crippen molar-refractivity contribution in [2.24, 2.45) is 0 Å². The van der Waals surface area contributed by atoms with Crippen LogP contribution in [0.3, 0.4) is 0 Å². The fraction of sp³-hybridized carbons (Fsp3) is 0. The van der Waals surface area contributed by atoms with Crippen LogP contribution in [0.15, 0.2) is 138 Å². The molecule has 4 aromatic heterocycles. The summed E-state index contributed by atoms with van der Waals surface area (Å²) in [6, 6.07) is 45.6. The Kier molecular flexibility index (Phi) is 5.03. The number of thiophene rings is 2. The number of aromatic nitrogens is 1. The van der Waals surface area contributed by atoms with Crippen LogP contribution in [0.1, 0.15) is 0 Å². The van der Waals surface area contributed by atoms with Crippen LogP contribution in [0, 0.1) is 0 Å². The molecule has 0 radical (unpaired) electrons. The highest BCUT2D eigenvalue weighted by Gasteiger charge is 2.19. The van der Waals surface area contributed by atoms with Crippen LogP contribution in [-0.2, 0) is 0 Å². The molecule has 0 fully saturated rings. The van der Waals surface area contributed by atoms with Gasteiger partial charge < -0.3 is 9.32 Å². The van der Waals surface area contributed by atoms with E-state index in [9.17, 15) is 0 Å². The van der Waals surface area contributed by atoms with Gasteiger partial charge in [-0.05, 0) is 59.3 Å². The van der Waals surface area contributed by atoms with E-state index in [1.807, 2.05) is 29.7 Å². The smallest absolute Gasteiger partial charge is 0.135 e. The predicted molar refractivity (Wildman–Crippen MR) is 189 cm³/mol. The number of para-hydroxylation sites is 1. The maximum absolute atomic E-state index is 6.19. The summed E-state index contributed by atoms with van der Waals surface area (Å²) in [6.45, 7) is 0. The first-order chi connectivity index (χ1) is 21.8. The molecule has 0 unspecified atom stereocenters. The van der Waals surface area contributed by atoms with Crippen molar-refractivity contribution in [1.29, 1.82) is 0 Å².